The SMILES string of the molecule is CC1(C)c2ccccc2-c2cc(-c3c4ccccc4c(-c4ccc5sc6ccccc6c5c4)c4ccccc34)ccc21. The van der Waals surface area contributed by atoms with E-state index in [1.165, 1.54) is 86.2 Å². The molecule has 0 amide bonds. The standard InChI is InChI=1S/C41H28S/c1-41(2)35-17-9-7-11-27(35)33-23-25(19-21-36(33)41)39-29-13-3-5-15-31(29)40(32-16-6-4-14-30(32)39)26-20-22-38-34(24-26)28-12-8-10-18-37(28)42-38/h3-24H,1-2H3. The molecule has 1 aliphatic rings. The molecule has 0 N–H and O–H groups in total. The lowest BCUT2D eigenvalue weighted by Gasteiger charge is -2.22. The topological polar surface area (TPSA) is 0 Å². The van der Waals surface area contributed by atoms with Crippen molar-refractivity contribution >= 4 is 53.1 Å². The van der Waals surface area contributed by atoms with Crippen LogP contribution < -0.4 is 0 Å². The Hall–Kier alpha value is -4.72. The van der Waals surface area contributed by atoms with Gasteiger partial charge in [-0.1, -0.05) is 123 Å². The third-order valence-electron chi connectivity index (χ3n) is 9.47. The van der Waals surface area contributed by atoms with Crippen molar-refractivity contribution in [3.63, 3.8) is 0 Å². The van der Waals surface area contributed by atoms with Crippen LogP contribution in [0, 0.1) is 0 Å². The van der Waals surface area contributed by atoms with Gasteiger partial charge in [-0.25, -0.2) is 0 Å². The maximum Gasteiger partial charge on any atom is 0.0355 e. The van der Waals surface area contributed by atoms with Crippen molar-refractivity contribution < 1.29 is 0 Å². The fourth-order valence-corrected chi connectivity index (χ4v) is 8.59. The molecule has 0 saturated carbocycles. The molecule has 1 aromatic heterocycles. The van der Waals surface area contributed by atoms with Crippen molar-refractivity contribution in [3.05, 3.63) is 145 Å². The summed E-state index contributed by atoms with van der Waals surface area (Å²) in [6.07, 6.45) is 0. The molecule has 9 rings (SSSR count). The van der Waals surface area contributed by atoms with Gasteiger partial charge in [0.25, 0.3) is 0 Å². The Morgan fingerprint density at radius 2 is 0.905 bits per heavy atom. The molecular weight excluding hydrogens is 525 g/mol. The highest BCUT2D eigenvalue weighted by Crippen LogP contribution is 2.51. The molecule has 1 aliphatic carbocycles. The molecule has 0 saturated heterocycles. The van der Waals surface area contributed by atoms with Gasteiger partial charge in [-0.05, 0) is 90.3 Å². The smallest absolute Gasteiger partial charge is 0.0355 e. The van der Waals surface area contributed by atoms with E-state index < -0.39 is 0 Å². The molecule has 1 heteroatoms. The monoisotopic (exact) mass is 552 g/mol. The molecule has 0 unspecified atom stereocenters. The van der Waals surface area contributed by atoms with E-state index in [0.717, 1.165) is 0 Å². The minimum atomic E-state index is 0.00290. The Balaban J connectivity index is 1.35. The number of rotatable bonds is 2. The summed E-state index contributed by atoms with van der Waals surface area (Å²) in [6.45, 7) is 4.70. The quantitative estimate of drug-likeness (QED) is 0.187. The second-order valence-electron chi connectivity index (χ2n) is 12.1. The minimum absolute atomic E-state index is 0.00290. The van der Waals surface area contributed by atoms with Crippen molar-refractivity contribution in [2.45, 2.75) is 19.3 Å². The molecule has 42 heavy (non-hydrogen) atoms. The zero-order valence-corrected chi connectivity index (χ0v) is 24.4. The molecule has 0 atom stereocenters. The van der Waals surface area contributed by atoms with Gasteiger partial charge in [0.2, 0.25) is 0 Å². The maximum absolute atomic E-state index is 2.44. The Bertz CT molecular complexity index is 2330. The van der Waals surface area contributed by atoms with Gasteiger partial charge in [-0.2, -0.15) is 0 Å². The molecule has 198 valence electrons. The van der Waals surface area contributed by atoms with E-state index in [0.29, 0.717) is 0 Å². The first-order chi connectivity index (χ1) is 20.6. The highest BCUT2D eigenvalue weighted by atomic mass is 32.1. The summed E-state index contributed by atoms with van der Waals surface area (Å²) < 4.78 is 2.68. The third-order valence-corrected chi connectivity index (χ3v) is 10.6. The summed E-state index contributed by atoms with van der Waals surface area (Å²) in [5, 5.41) is 7.87. The van der Waals surface area contributed by atoms with Crippen LogP contribution in [0.25, 0.3) is 75.1 Å². The Kier molecular flexibility index (Phi) is 4.93. The zero-order chi connectivity index (χ0) is 28.0. The largest absolute Gasteiger partial charge is 0.135 e. The highest BCUT2D eigenvalue weighted by molar-refractivity contribution is 7.25. The lowest BCUT2D eigenvalue weighted by Crippen LogP contribution is -2.14. The first kappa shape index (κ1) is 23.9. The number of thiophene rings is 1. The second kappa shape index (κ2) is 8.64. The Labute approximate surface area is 249 Å². The minimum Gasteiger partial charge on any atom is -0.135 e. The predicted octanol–water partition coefficient (Wildman–Crippen LogP) is 12.0. The van der Waals surface area contributed by atoms with Gasteiger partial charge in [0.05, 0.1) is 0 Å². The molecule has 0 radical (unpaired) electrons. The van der Waals surface area contributed by atoms with E-state index in [9.17, 15) is 0 Å². The first-order valence-corrected chi connectivity index (χ1v) is 15.5. The van der Waals surface area contributed by atoms with Gasteiger partial charge < -0.3 is 0 Å². The van der Waals surface area contributed by atoms with Gasteiger partial charge >= 0.3 is 0 Å². The van der Waals surface area contributed by atoms with Crippen LogP contribution in [0.2, 0.25) is 0 Å². The average Bonchev–Trinajstić information content (AvgIpc) is 3.51. The van der Waals surface area contributed by atoms with Crippen LogP contribution in [0.5, 0.6) is 0 Å². The fourth-order valence-electron chi connectivity index (χ4n) is 7.51. The lowest BCUT2D eigenvalue weighted by atomic mass is 9.81. The van der Waals surface area contributed by atoms with Gasteiger partial charge in [0.15, 0.2) is 0 Å². The van der Waals surface area contributed by atoms with Crippen molar-refractivity contribution in [1.82, 2.24) is 0 Å². The molecular formula is C41H28S. The fraction of sp³-hybridized carbons (Fsp3) is 0.0732. The van der Waals surface area contributed by atoms with Crippen LogP contribution in [-0.2, 0) is 5.41 Å². The third kappa shape index (κ3) is 3.23. The van der Waals surface area contributed by atoms with Crippen molar-refractivity contribution in [3.8, 4) is 33.4 Å². The Morgan fingerprint density at radius 1 is 0.405 bits per heavy atom. The highest BCUT2D eigenvalue weighted by Gasteiger charge is 2.35. The first-order valence-electron chi connectivity index (χ1n) is 14.7. The second-order valence-corrected chi connectivity index (χ2v) is 13.2. The normalized spacial score (nSPS) is 13.7. The molecule has 7 aromatic carbocycles. The summed E-state index contributed by atoms with van der Waals surface area (Å²) in [4.78, 5) is 0. The van der Waals surface area contributed by atoms with Gasteiger partial charge in [-0.15, -0.1) is 11.3 Å². The van der Waals surface area contributed by atoms with Crippen LogP contribution in [0.1, 0.15) is 25.0 Å². The average molecular weight is 553 g/mol. The maximum atomic E-state index is 2.44. The number of benzene rings is 7. The zero-order valence-electron chi connectivity index (χ0n) is 23.6. The molecule has 0 bridgehead atoms. The van der Waals surface area contributed by atoms with Crippen molar-refractivity contribution in [2.24, 2.45) is 0 Å². The van der Waals surface area contributed by atoms with E-state index in [-0.39, 0.29) is 5.41 Å². The lowest BCUT2D eigenvalue weighted by molar-refractivity contribution is 0.660. The van der Waals surface area contributed by atoms with Gasteiger partial charge in [0, 0.05) is 25.6 Å². The number of fused-ring (bicyclic) bond motifs is 8. The predicted molar refractivity (Wildman–Crippen MR) is 183 cm³/mol. The molecule has 0 spiro atoms. The molecule has 0 nitrogen and oxygen atoms in total. The molecule has 0 fully saturated rings. The summed E-state index contributed by atoms with van der Waals surface area (Å²) in [5.74, 6) is 0. The molecule has 0 aliphatic heterocycles. The van der Waals surface area contributed by atoms with Crippen LogP contribution >= 0.6 is 11.3 Å². The molecule has 8 aromatic rings. The van der Waals surface area contributed by atoms with E-state index in [4.69, 9.17) is 0 Å². The van der Waals surface area contributed by atoms with Gasteiger partial charge in [0.1, 0.15) is 0 Å². The van der Waals surface area contributed by atoms with Crippen LogP contribution in [0.3, 0.4) is 0 Å². The van der Waals surface area contributed by atoms with Crippen LogP contribution in [0.4, 0.5) is 0 Å². The van der Waals surface area contributed by atoms with E-state index >= 15 is 0 Å². The van der Waals surface area contributed by atoms with Crippen LogP contribution in [0.15, 0.2) is 133 Å². The Morgan fingerprint density at radius 3 is 1.60 bits per heavy atom. The van der Waals surface area contributed by atoms with E-state index in [2.05, 4.69) is 147 Å². The number of hydrogen-bond acceptors (Lipinski definition) is 1. The summed E-state index contributed by atoms with van der Waals surface area (Å²) in [5.41, 5.74) is 10.7. The molecule has 1 heterocycles. The van der Waals surface area contributed by atoms with Crippen LogP contribution in [-0.4, -0.2) is 0 Å². The summed E-state index contributed by atoms with van der Waals surface area (Å²) in [7, 11) is 0. The van der Waals surface area contributed by atoms with Crippen molar-refractivity contribution in [1.29, 1.82) is 0 Å². The summed E-state index contributed by atoms with van der Waals surface area (Å²) in [6, 6.07) is 49.9. The van der Waals surface area contributed by atoms with Crippen molar-refractivity contribution in [2.75, 3.05) is 0 Å². The summed E-state index contributed by atoms with van der Waals surface area (Å²) >= 11 is 1.88. The van der Waals surface area contributed by atoms with E-state index in [1.54, 1.807) is 0 Å². The number of hydrogen-bond donors (Lipinski definition) is 0. The van der Waals surface area contributed by atoms with Gasteiger partial charge in [-0.3, -0.25) is 0 Å². The van der Waals surface area contributed by atoms with E-state index in [1.807, 2.05) is 11.3 Å².